The minimum atomic E-state index is -0.394. The molecule has 3 aromatic rings. The van der Waals surface area contributed by atoms with Crippen molar-refractivity contribution in [1.29, 1.82) is 0 Å². The van der Waals surface area contributed by atoms with Crippen molar-refractivity contribution in [2.45, 2.75) is 18.2 Å². The van der Waals surface area contributed by atoms with E-state index in [0.717, 1.165) is 16.8 Å². The van der Waals surface area contributed by atoms with Crippen LogP contribution in [0.2, 0.25) is 10.0 Å². The molecule has 0 saturated carbocycles. The van der Waals surface area contributed by atoms with Crippen molar-refractivity contribution in [1.82, 2.24) is 10.2 Å². The second kappa shape index (κ2) is 9.58. The van der Waals surface area contributed by atoms with Crippen molar-refractivity contribution in [2.24, 2.45) is 0 Å². The van der Waals surface area contributed by atoms with Gasteiger partial charge in [0.25, 0.3) is 5.91 Å². The third-order valence-corrected chi connectivity index (χ3v) is 6.14. The number of anilines is 2. The molecule has 1 heterocycles. The average molecular weight is 467 g/mol. The first kappa shape index (κ1) is 21.6. The normalized spacial score (nSPS) is 10.6. The number of nitrogens with zero attached hydrogens (tertiary/aromatic N) is 2. The molecule has 10 heteroatoms. The Labute approximate surface area is 186 Å². The van der Waals surface area contributed by atoms with Gasteiger partial charge >= 0.3 is 0 Å². The highest BCUT2D eigenvalue weighted by Gasteiger charge is 2.13. The van der Waals surface area contributed by atoms with E-state index in [-0.39, 0.29) is 11.7 Å². The summed E-state index contributed by atoms with van der Waals surface area (Å²) in [5, 5.41) is 14.5. The fraction of sp³-hybridized carbons (Fsp3) is 0.158. The van der Waals surface area contributed by atoms with E-state index in [4.69, 9.17) is 23.2 Å². The Morgan fingerprint density at radius 3 is 2.45 bits per heavy atom. The van der Waals surface area contributed by atoms with Crippen LogP contribution in [0.1, 0.15) is 21.5 Å². The number of hydrogen-bond donors (Lipinski definition) is 2. The lowest BCUT2D eigenvalue weighted by atomic mass is 10.1. The van der Waals surface area contributed by atoms with Gasteiger partial charge in [-0.2, -0.15) is 0 Å². The Morgan fingerprint density at radius 2 is 1.76 bits per heavy atom. The number of benzene rings is 2. The fourth-order valence-electron chi connectivity index (χ4n) is 2.44. The summed E-state index contributed by atoms with van der Waals surface area (Å²) in [5.74, 6) is -0.356. The van der Waals surface area contributed by atoms with Crippen LogP contribution < -0.4 is 10.6 Å². The van der Waals surface area contributed by atoms with Crippen LogP contribution >= 0.6 is 46.3 Å². The lowest BCUT2D eigenvalue weighted by Crippen LogP contribution is -2.14. The SMILES string of the molecule is Cc1ccc(NC(=O)CSc2nnc(NC(=O)c3cc(Cl)cc(Cl)c3)s2)c(C)c1. The van der Waals surface area contributed by atoms with Gasteiger partial charge in [0, 0.05) is 21.3 Å². The molecule has 29 heavy (non-hydrogen) atoms. The zero-order valence-electron chi connectivity index (χ0n) is 15.5. The van der Waals surface area contributed by atoms with Gasteiger partial charge in [-0.1, -0.05) is 64.0 Å². The van der Waals surface area contributed by atoms with Gasteiger partial charge in [-0.3, -0.25) is 14.9 Å². The molecule has 0 atom stereocenters. The van der Waals surface area contributed by atoms with Gasteiger partial charge in [0.1, 0.15) is 0 Å². The zero-order valence-corrected chi connectivity index (χ0v) is 18.6. The predicted molar refractivity (Wildman–Crippen MR) is 120 cm³/mol. The third kappa shape index (κ3) is 6.17. The third-order valence-electron chi connectivity index (χ3n) is 3.73. The molecule has 0 aliphatic heterocycles. The van der Waals surface area contributed by atoms with E-state index in [1.807, 2.05) is 32.0 Å². The maximum Gasteiger partial charge on any atom is 0.257 e. The number of aryl methyl sites for hydroxylation is 2. The molecule has 2 N–H and O–H groups in total. The fourth-order valence-corrected chi connectivity index (χ4v) is 4.51. The maximum atomic E-state index is 12.3. The van der Waals surface area contributed by atoms with Crippen LogP contribution in [0, 0.1) is 13.8 Å². The molecule has 0 saturated heterocycles. The molecule has 0 aliphatic rings. The molecule has 0 aliphatic carbocycles. The Kier molecular flexibility index (Phi) is 7.13. The molecular weight excluding hydrogens is 451 g/mol. The monoisotopic (exact) mass is 466 g/mol. The quantitative estimate of drug-likeness (QED) is 0.372. The number of rotatable bonds is 6. The highest BCUT2D eigenvalue weighted by molar-refractivity contribution is 8.01. The number of hydrogen-bond acceptors (Lipinski definition) is 6. The molecule has 0 bridgehead atoms. The van der Waals surface area contributed by atoms with Crippen LogP contribution in [-0.2, 0) is 4.79 Å². The van der Waals surface area contributed by atoms with Crippen molar-refractivity contribution < 1.29 is 9.59 Å². The molecule has 1 aromatic heterocycles. The highest BCUT2D eigenvalue weighted by atomic mass is 35.5. The lowest BCUT2D eigenvalue weighted by Gasteiger charge is -2.08. The van der Waals surface area contributed by atoms with Crippen LogP contribution in [0.15, 0.2) is 40.7 Å². The van der Waals surface area contributed by atoms with Crippen LogP contribution in [0.3, 0.4) is 0 Å². The molecule has 150 valence electrons. The van der Waals surface area contributed by atoms with Gasteiger partial charge in [0.2, 0.25) is 11.0 Å². The van der Waals surface area contributed by atoms with E-state index in [0.29, 0.717) is 25.1 Å². The van der Waals surface area contributed by atoms with Gasteiger partial charge in [0.15, 0.2) is 4.34 Å². The number of halogens is 2. The second-order valence-corrected chi connectivity index (χ2v) is 9.21. The predicted octanol–water partition coefficient (Wildman–Crippen LogP) is 5.44. The standard InChI is InChI=1S/C19H16Cl2N4O2S2/c1-10-3-4-15(11(2)5-10)22-16(26)9-28-19-25-24-18(29-19)23-17(27)12-6-13(20)8-14(21)7-12/h3-8H,9H2,1-2H3,(H,22,26)(H,23,24,27). The topological polar surface area (TPSA) is 84.0 Å². The van der Waals surface area contributed by atoms with Crippen LogP contribution in [0.5, 0.6) is 0 Å². The van der Waals surface area contributed by atoms with E-state index in [2.05, 4.69) is 20.8 Å². The lowest BCUT2D eigenvalue weighted by molar-refractivity contribution is -0.113. The summed E-state index contributed by atoms with van der Waals surface area (Å²) in [6.07, 6.45) is 0. The van der Waals surface area contributed by atoms with Gasteiger partial charge < -0.3 is 5.32 Å². The van der Waals surface area contributed by atoms with Crippen molar-refractivity contribution in [3.63, 3.8) is 0 Å². The first-order valence-electron chi connectivity index (χ1n) is 8.41. The first-order chi connectivity index (χ1) is 13.8. The van der Waals surface area contributed by atoms with E-state index >= 15 is 0 Å². The number of carbonyl (C=O) groups is 2. The van der Waals surface area contributed by atoms with Crippen LogP contribution in [0.4, 0.5) is 10.8 Å². The van der Waals surface area contributed by atoms with E-state index in [1.165, 1.54) is 35.2 Å². The summed E-state index contributed by atoms with van der Waals surface area (Å²) in [6.45, 7) is 3.95. The summed E-state index contributed by atoms with van der Waals surface area (Å²) in [7, 11) is 0. The molecule has 2 amide bonds. The number of carbonyl (C=O) groups excluding carboxylic acids is 2. The van der Waals surface area contributed by atoms with Crippen molar-refractivity contribution in [3.05, 3.63) is 63.1 Å². The van der Waals surface area contributed by atoms with Crippen LogP contribution in [-0.4, -0.2) is 27.8 Å². The number of thioether (sulfide) groups is 1. The summed E-state index contributed by atoms with van der Waals surface area (Å²) >= 11 is 14.3. The van der Waals surface area contributed by atoms with E-state index < -0.39 is 5.91 Å². The number of nitrogens with one attached hydrogen (secondary N) is 2. The second-order valence-electron chi connectivity index (χ2n) is 6.14. The van der Waals surface area contributed by atoms with Gasteiger partial charge in [-0.15, -0.1) is 10.2 Å². The number of aromatic nitrogens is 2. The zero-order chi connectivity index (χ0) is 21.0. The largest absolute Gasteiger partial charge is 0.325 e. The van der Waals surface area contributed by atoms with Crippen molar-refractivity contribution in [3.8, 4) is 0 Å². The molecule has 2 aromatic carbocycles. The van der Waals surface area contributed by atoms with Gasteiger partial charge in [-0.25, -0.2) is 0 Å². The molecule has 0 radical (unpaired) electrons. The Morgan fingerprint density at radius 1 is 1.03 bits per heavy atom. The Bertz CT molecular complexity index is 1050. The van der Waals surface area contributed by atoms with Crippen molar-refractivity contribution >= 4 is 68.9 Å². The summed E-state index contributed by atoms with van der Waals surface area (Å²) in [6, 6.07) is 10.4. The van der Waals surface area contributed by atoms with Crippen LogP contribution in [0.25, 0.3) is 0 Å². The summed E-state index contributed by atoms with van der Waals surface area (Å²) in [5.41, 5.74) is 3.25. The molecule has 0 fully saturated rings. The maximum absolute atomic E-state index is 12.3. The molecule has 6 nitrogen and oxygen atoms in total. The molecule has 3 rings (SSSR count). The van der Waals surface area contributed by atoms with Gasteiger partial charge in [0.05, 0.1) is 5.75 Å². The minimum absolute atomic E-state index is 0.142. The first-order valence-corrected chi connectivity index (χ1v) is 11.0. The Hall–Kier alpha value is -2.13. The molecule has 0 spiro atoms. The smallest absolute Gasteiger partial charge is 0.257 e. The average Bonchev–Trinajstić information content (AvgIpc) is 3.09. The van der Waals surface area contributed by atoms with Crippen molar-refractivity contribution in [2.75, 3.05) is 16.4 Å². The summed E-state index contributed by atoms with van der Waals surface area (Å²) < 4.78 is 0.570. The number of amides is 2. The van der Waals surface area contributed by atoms with Gasteiger partial charge in [-0.05, 0) is 43.7 Å². The summed E-state index contributed by atoms with van der Waals surface area (Å²) in [4.78, 5) is 24.5. The van der Waals surface area contributed by atoms with E-state index in [1.54, 1.807) is 6.07 Å². The van der Waals surface area contributed by atoms with E-state index in [9.17, 15) is 9.59 Å². The molecular formula is C19H16Cl2N4O2S2. The molecule has 0 unspecified atom stereocenters. The minimum Gasteiger partial charge on any atom is -0.325 e. The highest BCUT2D eigenvalue weighted by Crippen LogP contribution is 2.27. The Balaban J connectivity index is 1.54.